The van der Waals surface area contributed by atoms with E-state index in [1.54, 1.807) is 18.2 Å². The van der Waals surface area contributed by atoms with E-state index >= 15 is 0 Å². The number of fused-ring (bicyclic) bond motifs is 1. The minimum Gasteiger partial charge on any atom is -0.377 e. The van der Waals surface area contributed by atoms with Gasteiger partial charge in [-0.1, -0.05) is 18.2 Å². The molecule has 1 heterocycles. The number of nitrogens with one attached hydrogen (secondary N) is 3. The summed E-state index contributed by atoms with van der Waals surface area (Å²) in [6, 6.07) is 10.1. The fourth-order valence-corrected chi connectivity index (χ4v) is 2.76. The van der Waals surface area contributed by atoms with Crippen LogP contribution in [0.15, 0.2) is 45.7 Å². The monoisotopic (exact) mass is 349 g/mol. The zero-order valence-corrected chi connectivity index (χ0v) is 12.8. The Balaban J connectivity index is 1.96. The van der Waals surface area contributed by atoms with Crippen LogP contribution in [0.2, 0.25) is 0 Å². The Morgan fingerprint density at radius 2 is 1.86 bits per heavy atom. The van der Waals surface area contributed by atoms with E-state index in [0.29, 0.717) is 11.1 Å². The highest BCUT2D eigenvalue weighted by atomic mass is 79.9. The lowest BCUT2D eigenvalue weighted by atomic mass is 10.1. The summed E-state index contributed by atoms with van der Waals surface area (Å²) in [6.07, 6.45) is 0. The first-order valence-corrected chi connectivity index (χ1v) is 7.26. The van der Waals surface area contributed by atoms with Gasteiger partial charge in [-0.15, -0.1) is 0 Å². The third-order valence-corrected chi connectivity index (χ3v) is 4.00. The molecule has 0 fully saturated rings. The fourth-order valence-electron chi connectivity index (χ4n) is 2.30. The van der Waals surface area contributed by atoms with Crippen LogP contribution in [0.1, 0.15) is 18.5 Å². The van der Waals surface area contributed by atoms with Crippen LogP contribution in [-0.2, 0) is 0 Å². The molecule has 108 valence electrons. The van der Waals surface area contributed by atoms with Gasteiger partial charge >= 0.3 is 5.69 Å². The summed E-state index contributed by atoms with van der Waals surface area (Å²) in [4.78, 5) is 16.7. The van der Waals surface area contributed by atoms with Crippen LogP contribution >= 0.6 is 15.9 Å². The number of H-pyrrole nitrogens is 2. The molecule has 4 nitrogen and oxygen atoms in total. The van der Waals surface area contributed by atoms with E-state index in [-0.39, 0.29) is 17.5 Å². The molecular weight excluding hydrogens is 337 g/mol. The minimum atomic E-state index is -0.254. The smallest absolute Gasteiger partial charge is 0.323 e. The van der Waals surface area contributed by atoms with Crippen LogP contribution in [-0.4, -0.2) is 9.97 Å². The average Bonchev–Trinajstić information content (AvgIpc) is 2.78. The van der Waals surface area contributed by atoms with Crippen molar-refractivity contribution in [3.8, 4) is 0 Å². The number of aromatic amines is 2. The van der Waals surface area contributed by atoms with Crippen molar-refractivity contribution < 1.29 is 4.39 Å². The zero-order chi connectivity index (χ0) is 15.0. The number of aromatic nitrogens is 2. The van der Waals surface area contributed by atoms with Gasteiger partial charge in [0.2, 0.25) is 0 Å². The van der Waals surface area contributed by atoms with Crippen molar-refractivity contribution in [1.29, 1.82) is 0 Å². The van der Waals surface area contributed by atoms with Crippen LogP contribution < -0.4 is 11.0 Å². The second-order valence-electron chi connectivity index (χ2n) is 4.84. The highest BCUT2D eigenvalue weighted by Gasteiger charge is 2.12. The lowest BCUT2D eigenvalue weighted by molar-refractivity contribution is 0.600. The van der Waals surface area contributed by atoms with Gasteiger partial charge in [0.05, 0.1) is 22.8 Å². The normalized spacial score (nSPS) is 12.5. The van der Waals surface area contributed by atoms with Crippen molar-refractivity contribution in [3.05, 3.63) is 62.7 Å². The van der Waals surface area contributed by atoms with E-state index in [9.17, 15) is 9.18 Å². The predicted molar refractivity (Wildman–Crippen MR) is 85.1 cm³/mol. The molecule has 1 atom stereocenters. The summed E-state index contributed by atoms with van der Waals surface area (Å²) >= 11 is 3.45. The van der Waals surface area contributed by atoms with Crippen molar-refractivity contribution in [2.45, 2.75) is 13.0 Å². The van der Waals surface area contributed by atoms with Gasteiger partial charge in [-0.25, -0.2) is 9.18 Å². The summed E-state index contributed by atoms with van der Waals surface area (Å²) in [6.45, 7) is 1.88. The van der Waals surface area contributed by atoms with Gasteiger partial charge in [0.1, 0.15) is 5.82 Å². The molecule has 1 unspecified atom stereocenters. The molecule has 1 aromatic heterocycles. The summed E-state index contributed by atoms with van der Waals surface area (Å²) in [5.41, 5.74) is 2.54. The zero-order valence-electron chi connectivity index (χ0n) is 11.2. The predicted octanol–water partition coefficient (Wildman–Crippen LogP) is 3.93. The van der Waals surface area contributed by atoms with Crippen LogP contribution in [0.4, 0.5) is 10.1 Å². The molecule has 0 radical (unpaired) electrons. The average molecular weight is 350 g/mol. The molecule has 0 saturated heterocycles. The molecule has 21 heavy (non-hydrogen) atoms. The van der Waals surface area contributed by atoms with Crippen LogP contribution in [0, 0.1) is 5.82 Å². The Bertz CT molecular complexity index is 855. The first-order chi connectivity index (χ1) is 10.0. The number of halogens is 2. The Kier molecular flexibility index (Phi) is 3.55. The first kappa shape index (κ1) is 13.9. The van der Waals surface area contributed by atoms with Gasteiger partial charge in [-0.2, -0.15) is 0 Å². The molecule has 3 N–H and O–H groups in total. The lowest BCUT2D eigenvalue weighted by Gasteiger charge is -2.17. The molecule has 0 bridgehead atoms. The van der Waals surface area contributed by atoms with Gasteiger partial charge in [0.15, 0.2) is 0 Å². The van der Waals surface area contributed by atoms with Crippen molar-refractivity contribution in [3.63, 3.8) is 0 Å². The van der Waals surface area contributed by atoms with Gasteiger partial charge in [0, 0.05) is 10.0 Å². The maximum atomic E-state index is 13.8. The SMILES string of the molecule is CC(Nc1cc2[nH]c(=O)[nH]c2cc1Br)c1ccccc1F. The van der Waals surface area contributed by atoms with E-state index < -0.39 is 0 Å². The molecule has 0 saturated carbocycles. The maximum Gasteiger partial charge on any atom is 0.323 e. The van der Waals surface area contributed by atoms with Crippen LogP contribution in [0.3, 0.4) is 0 Å². The molecule has 0 aliphatic rings. The fraction of sp³-hybridized carbons (Fsp3) is 0.133. The van der Waals surface area contributed by atoms with Gasteiger partial charge < -0.3 is 15.3 Å². The number of hydrogen-bond acceptors (Lipinski definition) is 2. The topological polar surface area (TPSA) is 60.7 Å². The Morgan fingerprint density at radius 1 is 1.19 bits per heavy atom. The Labute approximate surface area is 128 Å². The second kappa shape index (κ2) is 5.37. The molecule has 2 aromatic carbocycles. The number of benzene rings is 2. The second-order valence-corrected chi connectivity index (χ2v) is 5.70. The van der Waals surface area contributed by atoms with Gasteiger partial charge in [0.25, 0.3) is 0 Å². The highest BCUT2D eigenvalue weighted by Crippen LogP contribution is 2.30. The Morgan fingerprint density at radius 3 is 2.57 bits per heavy atom. The third kappa shape index (κ3) is 2.71. The number of rotatable bonds is 3. The van der Waals surface area contributed by atoms with Crippen LogP contribution in [0.25, 0.3) is 11.0 Å². The molecular formula is C15H13BrFN3O. The molecule has 0 aliphatic carbocycles. The van der Waals surface area contributed by atoms with Crippen molar-refractivity contribution in [2.75, 3.05) is 5.32 Å². The van der Waals surface area contributed by atoms with Gasteiger partial charge in [-0.05, 0) is 41.1 Å². The minimum absolute atomic E-state index is 0.203. The Hall–Kier alpha value is -2.08. The van der Waals surface area contributed by atoms with E-state index in [2.05, 4.69) is 31.2 Å². The van der Waals surface area contributed by atoms with E-state index in [0.717, 1.165) is 15.7 Å². The number of anilines is 1. The molecule has 0 spiro atoms. The van der Waals surface area contributed by atoms with E-state index in [1.807, 2.05) is 19.1 Å². The maximum absolute atomic E-state index is 13.8. The van der Waals surface area contributed by atoms with Crippen LogP contribution in [0.5, 0.6) is 0 Å². The standard InChI is InChI=1S/C15H13BrFN3O/c1-8(9-4-2-3-5-11(9)17)18-12-7-14-13(6-10(12)16)19-15(21)20-14/h2-8,18H,1H3,(H2,19,20,21). The lowest BCUT2D eigenvalue weighted by Crippen LogP contribution is -2.08. The summed E-state index contributed by atoms with van der Waals surface area (Å²) in [7, 11) is 0. The highest BCUT2D eigenvalue weighted by molar-refractivity contribution is 9.10. The molecule has 6 heteroatoms. The number of imidazole rings is 1. The first-order valence-electron chi connectivity index (χ1n) is 6.47. The molecule has 3 aromatic rings. The largest absolute Gasteiger partial charge is 0.377 e. The summed E-state index contributed by atoms with van der Waals surface area (Å²) in [5, 5.41) is 3.25. The number of hydrogen-bond donors (Lipinski definition) is 3. The summed E-state index contributed by atoms with van der Waals surface area (Å²) < 4.78 is 14.6. The third-order valence-electron chi connectivity index (χ3n) is 3.35. The van der Waals surface area contributed by atoms with Gasteiger partial charge in [-0.3, -0.25) is 0 Å². The van der Waals surface area contributed by atoms with Crippen molar-refractivity contribution in [1.82, 2.24) is 9.97 Å². The quantitative estimate of drug-likeness (QED) is 0.670. The molecule has 0 aliphatic heterocycles. The summed E-state index contributed by atoms with van der Waals surface area (Å²) in [5.74, 6) is -0.246. The van der Waals surface area contributed by atoms with E-state index in [4.69, 9.17) is 0 Å². The molecule has 0 amide bonds. The van der Waals surface area contributed by atoms with Crippen molar-refractivity contribution >= 4 is 32.7 Å². The van der Waals surface area contributed by atoms with E-state index in [1.165, 1.54) is 6.07 Å². The molecule has 3 rings (SSSR count). The van der Waals surface area contributed by atoms with Crippen molar-refractivity contribution in [2.24, 2.45) is 0 Å².